The first-order valence-corrected chi connectivity index (χ1v) is 10.0. The van der Waals surface area contributed by atoms with Crippen molar-refractivity contribution in [1.29, 1.82) is 0 Å². The normalized spacial score (nSPS) is 15.8. The number of hydrogen-bond donors (Lipinski definition) is 2. The maximum Gasteiger partial charge on any atom is 0.181 e. The largest absolute Gasteiger partial charge is 0.351 e. The Hall–Kier alpha value is -1.79. The van der Waals surface area contributed by atoms with E-state index in [1.165, 1.54) is 0 Å². The summed E-state index contributed by atoms with van der Waals surface area (Å²) in [7, 11) is -3.44. The molecular formula is C17H18ClN3O2S. The molecule has 0 aliphatic heterocycles. The SMILES string of the molecule is Cc1cnc(-c2[nH]c3ccc(Cl)cc3c2S(=O)(=O)CC2CCC2)[nH]1. The molecule has 126 valence electrons. The Labute approximate surface area is 145 Å². The van der Waals surface area contributed by atoms with Crippen molar-refractivity contribution in [3.8, 4) is 11.5 Å². The third-order valence-corrected chi connectivity index (χ3v) is 6.83. The van der Waals surface area contributed by atoms with Crippen LogP contribution in [0.2, 0.25) is 5.02 Å². The summed E-state index contributed by atoms with van der Waals surface area (Å²) in [6, 6.07) is 5.26. The van der Waals surface area contributed by atoms with Gasteiger partial charge in [-0.15, -0.1) is 0 Å². The van der Waals surface area contributed by atoms with E-state index >= 15 is 0 Å². The first-order chi connectivity index (χ1) is 11.4. The molecule has 1 aromatic carbocycles. The van der Waals surface area contributed by atoms with Crippen molar-refractivity contribution >= 4 is 32.3 Å². The number of rotatable bonds is 4. The highest BCUT2D eigenvalue weighted by Crippen LogP contribution is 2.37. The minimum atomic E-state index is -3.44. The van der Waals surface area contributed by atoms with Gasteiger partial charge in [0.25, 0.3) is 0 Å². The van der Waals surface area contributed by atoms with Crippen LogP contribution in [0.15, 0.2) is 29.3 Å². The van der Waals surface area contributed by atoms with Crippen molar-refractivity contribution in [2.75, 3.05) is 5.75 Å². The van der Waals surface area contributed by atoms with Crippen LogP contribution in [0, 0.1) is 12.8 Å². The molecule has 1 fully saturated rings. The van der Waals surface area contributed by atoms with Gasteiger partial charge in [-0.3, -0.25) is 0 Å². The molecule has 0 amide bonds. The highest BCUT2D eigenvalue weighted by atomic mass is 35.5. The lowest BCUT2D eigenvalue weighted by atomic mass is 9.87. The molecule has 0 unspecified atom stereocenters. The molecule has 0 spiro atoms. The summed E-state index contributed by atoms with van der Waals surface area (Å²) in [6.45, 7) is 1.89. The quantitative estimate of drug-likeness (QED) is 0.732. The van der Waals surface area contributed by atoms with Gasteiger partial charge in [-0.25, -0.2) is 13.4 Å². The van der Waals surface area contributed by atoms with Gasteiger partial charge in [0.2, 0.25) is 0 Å². The summed E-state index contributed by atoms with van der Waals surface area (Å²) in [4.78, 5) is 10.9. The van der Waals surface area contributed by atoms with Gasteiger partial charge in [-0.05, 0) is 43.9 Å². The first-order valence-electron chi connectivity index (χ1n) is 8.00. The third kappa shape index (κ3) is 2.63. The number of aryl methyl sites for hydroxylation is 1. The van der Waals surface area contributed by atoms with E-state index in [0.29, 0.717) is 26.8 Å². The van der Waals surface area contributed by atoms with Gasteiger partial charge >= 0.3 is 0 Å². The smallest absolute Gasteiger partial charge is 0.181 e. The first kappa shape index (κ1) is 15.7. The van der Waals surface area contributed by atoms with E-state index in [1.807, 2.05) is 6.92 Å². The van der Waals surface area contributed by atoms with Crippen molar-refractivity contribution in [3.63, 3.8) is 0 Å². The Morgan fingerprint density at radius 3 is 2.71 bits per heavy atom. The number of imidazole rings is 1. The number of hydrogen-bond acceptors (Lipinski definition) is 3. The minimum Gasteiger partial charge on any atom is -0.351 e. The number of aromatic nitrogens is 3. The van der Waals surface area contributed by atoms with Crippen LogP contribution in [0.4, 0.5) is 0 Å². The second-order valence-electron chi connectivity index (χ2n) is 6.51. The van der Waals surface area contributed by atoms with Crippen LogP contribution in [0.25, 0.3) is 22.4 Å². The van der Waals surface area contributed by atoms with Crippen LogP contribution in [0.1, 0.15) is 25.0 Å². The molecule has 0 radical (unpaired) electrons. The number of aromatic amines is 2. The predicted octanol–water partition coefficient (Wildman–Crippen LogP) is 4.09. The van der Waals surface area contributed by atoms with Crippen LogP contribution >= 0.6 is 11.6 Å². The Kier molecular flexibility index (Phi) is 3.69. The molecule has 1 aliphatic carbocycles. The average Bonchev–Trinajstić information content (AvgIpc) is 3.06. The Morgan fingerprint density at radius 1 is 1.29 bits per heavy atom. The molecule has 2 N–H and O–H groups in total. The zero-order valence-corrected chi connectivity index (χ0v) is 14.8. The van der Waals surface area contributed by atoms with E-state index in [0.717, 1.165) is 30.5 Å². The van der Waals surface area contributed by atoms with Crippen molar-refractivity contribution in [3.05, 3.63) is 35.1 Å². The van der Waals surface area contributed by atoms with Crippen LogP contribution in [-0.2, 0) is 9.84 Å². The van der Waals surface area contributed by atoms with Crippen molar-refractivity contribution in [2.45, 2.75) is 31.1 Å². The molecule has 0 atom stereocenters. The van der Waals surface area contributed by atoms with Crippen LogP contribution in [0.5, 0.6) is 0 Å². The average molecular weight is 364 g/mol. The molecular weight excluding hydrogens is 346 g/mol. The molecule has 2 heterocycles. The summed E-state index contributed by atoms with van der Waals surface area (Å²) in [5, 5.41) is 1.15. The van der Waals surface area contributed by atoms with Crippen LogP contribution in [-0.4, -0.2) is 29.1 Å². The van der Waals surface area contributed by atoms with Gasteiger partial charge < -0.3 is 9.97 Å². The summed E-state index contributed by atoms with van der Waals surface area (Å²) in [5.74, 6) is 0.969. The number of sulfone groups is 1. The lowest BCUT2D eigenvalue weighted by Gasteiger charge is -2.24. The number of halogens is 1. The number of benzene rings is 1. The molecule has 24 heavy (non-hydrogen) atoms. The molecule has 7 heteroatoms. The second kappa shape index (κ2) is 5.63. The maximum absolute atomic E-state index is 13.1. The number of fused-ring (bicyclic) bond motifs is 1. The van der Waals surface area contributed by atoms with Crippen LogP contribution < -0.4 is 0 Å². The lowest BCUT2D eigenvalue weighted by Crippen LogP contribution is -2.22. The van der Waals surface area contributed by atoms with E-state index in [2.05, 4.69) is 15.0 Å². The van der Waals surface area contributed by atoms with Gasteiger partial charge in [-0.2, -0.15) is 0 Å². The van der Waals surface area contributed by atoms with E-state index in [-0.39, 0.29) is 11.7 Å². The molecule has 0 bridgehead atoms. The summed E-state index contributed by atoms with van der Waals surface area (Å²) in [5.41, 5.74) is 2.14. The molecule has 4 rings (SSSR count). The highest BCUT2D eigenvalue weighted by molar-refractivity contribution is 7.91. The van der Waals surface area contributed by atoms with Gasteiger partial charge in [0.05, 0.1) is 5.75 Å². The Balaban J connectivity index is 1.94. The van der Waals surface area contributed by atoms with Crippen molar-refractivity contribution in [2.24, 2.45) is 5.92 Å². The topological polar surface area (TPSA) is 78.6 Å². The maximum atomic E-state index is 13.1. The van der Waals surface area contributed by atoms with Gasteiger partial charge in [0.15, 0.2) is 15.7 Å². The predicted molar refractivity (Wildman–Crippen MR) is 95.0 cm³/mol. The van der Waals surface area contributed by atoms with E-state index in [9.17, 15) is 8.42 Å². The summed E-state index contributed by atoms with van der Waals surface area (Å²) >= 11 is 6.11. The van der Waals surface area contributed by atoms with E-state index in [4.69, 9.17) is 11.6 Å². The van der Waals surface area contributed by atoms with Crippen LogP contribution in [0.3, 0.4) is 0 Å². The van der Waals surface area contributed by atoms with Gasteiger partial charge in [0, 0.05) is 27.8 Å². The zero-order chi connectivity index (χ0) is 16.9. The zero-order valence-electron chi connectivity index (χ0n) is 13.3. The van der Waals surface area contributed by atoms with Crippen molar-refractivity contribution in [1.82, 2.24) is 15.0 Å². The fraction of sp³-hybridized carbons (Fsp3) is 0.353. The van der Waals surface area contributed by atoms with Gasteiger partial charge in [-0.1, -0.05) is 18.0 Å². The van der Waals surface area contributed by atoms with E-state index < -0.39 is 9.84 Å². The molecule has 0 saturated heterocycles. The monoisotopic (exact) mass is 363 g/mol. The summed E-state index contributed by atoms with van der Waals surface area (Å²) in [6.07, 6.45) is 4.77. The Morgan fingerprint density at radius 2 is 2.08 bits per heavy atom. The number of nitrogens with zero attached hydrogens (tertiary/aromatic N) is 1. The third-order valence-electron chi connectivity index (χ3n) is 4.64. The molecule has 2 aromatic heterocycles. The Bertz CT molecular complexity index is 1020. The molecule has 5 nitrogen and oxygen atoms in total. The van der Waals surface area contributed by atoms with Gasteiger partial charge in [0.1, 0.15) is 10.6 Å². The molecule has 1 aliphatic rings. The minimum absolute atomic E-state index is 0.180. The second-order valence-corrected chi connectivity index (χ2v) is 8.92. The number of H-pyrrole nitrogens is 2. The molecule has 3 aromatic rings. The van der Waals surface area contributed by atoms with E-state index in [1.54, 1.807) is 24.4 Å². The number of nitrogens with one attached hydrogen (secondary N) is 2. The summed E-state index contributed by atoms with van der Waals surface area (Å²) < 4.78 is 26.2. The van der Waals surface area contributed by atoms with Crippen molar-refractivity contribution < 1.29 is 8.42 Å². The highest BCUT2D eigenvalue weighted by Gasteiger charge is 2.31. The standard InChI is InChI=1S/C17H18ClN3O2S/c1-10-8-19-17(20-10)15-16(24(22,23)9-11-3-2-4-11)13-7-12(18)5-6-14(13)21-15/h5-8,11,21H,2-4,9H2,1H3,(H,19,20). The lowest BCUT2D eigenvalue weighted by molar-refractivity contribution is 0.347. The fourth-order valence-electron chi connectivity index (χ4n) is 3.22. The fourth-order valence-corrected chi connectivity index (χ4v) is 5.48. The molecule has 1 saturated carbocycles.